The van der Waals surface area contributed by atoms with Gasteiger partial charge < -0.3 is 29.3 Å². The number of unbranched alkanes of at least 4 members (excludes halogenated alkanes) is 32. The van der Waals surface area contributed by atoms with Crippen molar-refractivity contribution < 1.29 is 71.5 Å². The van der Waals surface area contributed by atoms with Crippen LogP contribution in [0.3, 0.4) is 0 Å². The van der Waals surface area contributed by atoms with E-state index >= 15 is 0 Å². The van der Waals surface area contributed by atoms with Gasteiger partial charge in [0.15, 0.2) is 6.29 Å². The summed E-state index contributed by atoms with van der Waals surface area (Å²) in [5.41, 5.74) is 0. The van der Waals surface area contributed by atoms with Gasteiger partial charge in [-0.3, -0.25) is 4.18 Å². The topological polar surface area (TPSA) is 146 Å². The summed E-state index contributed by atoms with van der Waals surface area (Å²) >= 11 is 0. The molecule has 336 valence electrons. The quantitative estimate of drug-likeness (QED) is 0.0237. The van der Waals surface area contributed by atoms with Crippen LogP contribution in [0.1, 0.15) is 245 Å². The van der Waals surface area contributed by atoms with Crippen LogP contribution in [-0.2, 0) is 24.1 Å². The van der Waals surface area contributed by atoms with E-state index in [0.29, 0.717) is 6.61 Å². The molecular formula is C46H91NaO9S. The average molecular weight is 843 g/mol. The fourth-order valence-electron chi connectivity index (χ4n) is 8.30. The number of hydrogen-bond acceptors (Lipinski definition) is 9. The molecule has 0 bridgehead atoms. The minimum atomic E-state index is -5.21. The third-order valence-electron chi connectivity index (χ3n) is 12.0. The predicted octanol–water partition coefficient (Wildman–Crippen LogP) is 8.99. The molecular weight excluding hydrogens is 752 g/mol. The number of hydrogen-bond donors (Lipinski definition) is 3. The van der Waals surface area contributed by atoms with Crippen LogP contribution in [0.4, 0.5) is 0 Å². The number of aliphatic hydroxyl groups excluding tert-OH is 3. The van der Waals surface area contributed by atoms with Gasteiger partial charge in [0, 0.05) is 0 Å². The first-order valence-electron chi connectivity index (χ1n) is 24.1. The molecule has 6 atom stereocenters. The first-order valence-corrected chi connectivity index (χ1v) is 25.4. The van der Waals surface area contributed by atoms with Gasteiger partial charge in [0.05, 0.1) is 13.2 Å². The predicted molar refractivity (Wildman–Crippen MR) is 229 cm³/mol. The first-order chi connectivity index (χ1) is 27.2. The van der Waals surface area contributed by atoms with Crippen LogP contribution in [0, 0.1) is 5.92 Å². The van der Waals surface area contributed by atoms with Crippen molar-refractivity contribution in [3.05, 3.63) is 0 Å². The van der Waals surface area contributed by atoms with Crippen LogP contribution < -0.4 is 29.6 Å². The third kappa shape index (κ3) is 33.9. The van der Waals surface area contributed by atoms with Gasteiger partial charge >= 0.3 is 29.6 Å². The van der Waals surface area contributed by atoms with E-state index < -0.39 is 47.7 Å². The van der Waals surface area contributed by atoms with E-state index in [1.165, 1.54) is 205 Å². The molecule has 57 heavy (non-hydrogen) atoms. The van der Waals surface area contributed by atoms with Gasteiger partial charge in [-0.25, -0.2) is 8.42 Å². The molecule has 1 unspecified atom stereocenters. The summed E-state index contributed by atoms with van der Waals surface area (Å²) in [5, 5.41) is 30.8. The van der Waals surface area contributed by atoms with Crippen molar-refractivity contribution in [2.75, 3.05) is 13.2 Å². The van der Waals surface area contributed by atoms with Gasteiger partial charge in [0.2, 0.25) is 10.4 Å². The van der Waals surface area contributed by atoms with E-state index in [2.05, 4.69) is 18.0 Å². The van der Waals surface area contributed by atoms with Crippen LogP contribution in [0.15, 0.2) is 0 Å². The molecule has 3 N–H and O–H groups in total. The summed E-state index contributed by atoms with van der Waals surface area (Å²) in [6, 6.07) is 0. The van der Waals surface area contributed by atoms with Crippen LogP contribution in [0.25, 0.3) is 0 Å². The molecule has 1 fully saturated rings. The Balaban J connectivity index is 0.0000314. The molecule has 0 aromatic rings. The Kier molecular flexibility index (Phi) is 41.2. The summed E-state index contributed by atoms with van der Waals surface area (Å²) in [6.45, 7) is 4.20. The molecule has 1 aliphatic heterocycles. The molecule has 1 rings (SSSR count). The first kappa shape index (κ1) is 57.7. The zero-order valence-corrected chi connectivity index (χ0v) is 40.4. The number of aliphatic hydroxyl groups is 3. The zero-order chi connectivity index (χ0) is 41.0. The summed E-state index contributed by atoms with van der Waals surface area (Å²) in [5.74, 6) is 0.237. The molecule has 0 aromatic carbocycles. The largest absolute Gasteiger partial charge is 1.00 e. The molecule has 1 aliphatic rings. The van der Waals surface area contributed by atoms with E-state index in [0.717, 1.165) is 25.7 Å². The molecule has 0 saturated carbocycles. The average Bonchev–Trinajstić information content (AvgIpc) is 3.17. The summed E-state index contributed by atoms with van der Waals surface area (Å²) in [7, 11) is -5.21. The Hall–Kier alpha value is 0.670. The van der Waals surface area contributed by atoms with Gasteiger partial charge in [-0.05, 0) is 18.8 Å². The van der Waals surface area contributed by atoms with E-state index in [-0.39, 0.29) is 35.5 Å². The zero-order valence-electron chi connectivity index (χ0n) is 37.5. The molecule has 0 aliphatic carbocycles. The normalized spacial score (nSPS) is 20.5. The Labute approximate surface area is 374 Å². The maximum Gasteiger partial charge on any atom is 1.00 e. The van der Waals surface area contributed by atoms with E-state index in [4.69, 9.17) is 9.47 Å². The van der Waals surface area contributed by atoms with Crippen molar-refractivity contribution in [3.63, 3.8) is 0 Å². The van der Waals surface area contributed by atoms with Crippen molar-refractivity contribution in [2.45, 2.75) is 276 Å². The Morgan fingerprint density at radius 1 is 0.526 bits per heavy atom. The third-order valence-corrected chi connectivity index (χ3v) is 12.4. The summed E-state index contributed by atoms with van der Waals surface area (Å²) in [6.07, 6.45) is 39.6. The summed E-state index contributed by atoms with van der Waals surface area (Å²) < 4.78 is 49.8. The van der Waals surface area contributed by atoms with Crippen molar-refractivity contribution in [3.8, 4) is 0 Å². The Morgan fingerprint density at radius 2 is 0.825 bits per heavy atom. The second-order valence-corrected chi connectivity index (χ2v) is 18.3. The van der Waals surface area contributed by atoms with Gasteiger partial charge in [-0.15, -0.1) is 0 Å². The van der Waals surface area contributed by atoms with Crippen molar-refractivity contribution >= 4 is 10.4 Å². The van der Waals surface area contributed by atoms with Gasteiger partial charge in [0.1, 0.15) is 24.4 Å². The minimum Gasteiger partial charge on any atom is -0.726 e. The molecule has 1 heterocycles. The maximum atomic E-state index is 11.3. The van der Waals surface area contributed by atoms with Crippen molar-refractivity contribution in [1.29, 1.82) is 0 Å². The number of ether oxygens (including phenoxy) is 2. The Bertz CT molecular complexity index is 943. The smallest absolute Gasteiger partial charge is 0.726 e. The molecule has 0 radical (unpaired) electrons. The van der Waals surface area contributed by atoms with Crippen molar-refractivity contribution in [2.24, 2.45) is 5.92 Å². The van der Waals surface area contributed by atoms with E-state index in [1.54, 1.807) is 0 Å². The van der Waals surface area contributed by atoms with Gasteiger partial charge in [0.25, 0.3) is 0 Å². The van der Waals surface area contributed by atoms with Crippen LogP contribution >= 0.6 is 0 Å². The second kappa shape index (κ2) is 40.7. The van der Waals surface area contributed by atoms with Gasteiger partial charge in [-0.1, -0.05) is 232 Å². The molecule has 0 spiro atoms. The van der Waals surface area contributed by atoms with Gasteiger partial charge in [-0.2, -0.15) is 0 Å². The second-order valence-electron chi connectivity index (χ2n) is 17.3. The van der Waals surface area contributed by atoms with E-state index in [9.17, 15) is 28.3 Å². The van der Waals surface area contributed by atoms with Crippen molar-refractivity contribution in [1.82, 2.24) is 0 Å². The van der Waals surface area contributed by atoms with Crippen LogP contribution in [0.2, 0.25) is 0 Å². The Morgan fingerprint density at radius 3 is 1.11 bits per heavy atom. The molecule has 1 saturated heterocycles. The van der Waals surface area contributed by atoms with Crippen LogP contribution in [0.5, 0.6) is 0 Å². The molecule has 0 aromatic heterocycles. The molecule has 9 nitrogen and oxygen atoms in total. The monoisotopic (exact) mass is 843 g/mol. The van der Waals surface area contributed by atoms with E-state index in [1.807, 2.05) is 0 Å². The number of rotatable bonds is 42. The minimum absolute atomic E-state index is 0. The molecule has 0 amide bonds. The SMILES string of the molecule is CCCCCCCCCCCCCCCCCCCCCCC(CCCCCCCCCCCCCCCC)CO[C@H]1O[C@H](CO)[C@H](O)[C@@H](OS(=O)(=O)[O-])[C@H]1O.[Na+]. The standard InChI is InChI=1S/C46H92O9S.Na/c1-3-5-7-9-11-13-15-17-19-20-21-22-23-24-26-28-30-32-34-36-38-41(37-35-33-31-29-27-25-18-16-14-12-10-8-6-4-2)40-53-46-44(49)45(55-56(50,51)52)43(48)42(39-47)54-46;/h41-49H,3-40H2,1-2H3,(H,50,51,52);/q;+1/p-1/t41?,42-,43+,44-,45-,46+;/m1./s1. The summed E-state index contributed by atoms with van der Waals surface area (Å²) in [4.78, 5) is 0. The van der Waals surface area contributed by atoms with Crippen LogP contribution in [-0.4, -0.2) is 72.2 Å². The fourth-order valence-corrected chi connectivity index (χ4v) is 8.80. The fraction of sp³-hybridized carbons (Fsp3) is 1.00. The maximum absolute atomic E-state index is 11.3. The molecule has 11 heteroatoms.